The van der Waals surface area contributed by atoms with Crippen LogP contribution in [0.1, 0.15) is 44.2 Å². The van der Waals surface area contributed by atoms with Gasteiger partial charge in [0.05, 0.1) is 0 Å². The van der Waals surface area contributed by atoms with Crippen molar-refractivity contribution in [2.24, 2.45) is 0 Å². The molecular weight excluding hydrogens is 198 g/mol. The molecule has 0 radical (unpaired) electrons. The molecule has 0 spiro atoms. The number of hydrogen-bond acceptors (Lipinski definition) is 3. The molecule has 1 aliphatic heterocycles. The van der Waals surface area contributed by atoms with Gasteiger partial charge in [0.15, 0.2) is 0 Å². The number of pyridine rings is 1. The Morgan fingerprint density at radius 1 is 1.44 bits per heavy atom. The number of hydrogen-bond donors (Lipinski definition) is 2. The zero-order chi connectivity index (χ0) is 11.2. The summed E-state index contributed by atoms with van der Waals surface area (Å²) in [6.45, 7) is 4.29. The summed E-state index contributed by atoms with van der Waals surface area (Å²) in [5, 5.41) is 6.83. The van der Waals surface area contributed by atoms with Gasteiger partial charge in [0.25, 0.3) is 0 Å². The summed E-state index contributed by atoms with van der Waals surface area (Å²) >= 11 is 0. The van der Waals surface area contributed by atoms with E-state index in [0.717, 1.165) is 25.3 Å². The second kappa shape index (κ2) is 5.85. The Hall–Kier alpha value is -1.09. The Morgan fingerprint density at radius 3 is 3.00 bits per heavy atom. The molecule has 1 aromatic heterocycles. The molecule has 16 heavy (non-hydrogen) atoms. The molecule has 1 aliphatic rings. The summed E-state index contributed by atoms with van der Waals surface area (Å²) in [5.41, 5.74) is 1.32. The van der Waals surface area contributed by atoms with Crippen LogP contribution in [0.15, 0.2) is 18.3 Å². The van der Waals surface area contributed by atoms with Crippen LogP contribution in [-0.4, -0.2) is 18.1 Å². The lowest BCUT2D eigenvalue weighted by Crippen LogP contribution is -2.26. The predicted octanol–water partition coefficient (Wildman–Crippen LogP) is 2.72. The van der Waals surface area contributed by atoms with E-state index in [4.69, 9.17) is 0 Å². The Bertz CT molecular complexity index is 301. The van der Waals surface area contributed by atoms with Gasteiger partial charge in [0, 0.05) is 18.8 Å². The van der Waals surface area contributed by atoms with Gasteiger partial charge in [-0.05, 0) is 37.4 Å². The van der Waals surface area contributed by atoms with E-state index in [1.54, 1.807) is 0 Å². The fraction of sp³-hybridized carbons (Fsp3) is 0.615. The lowest BCUT2D eigenvalue weighted by Gasteiger charge is -2.23. The van der Waals surface area contributed by atoms with E-state index in [1.165, 1.54) is 24.8 Å². The van der Waals surface area contributed by atoms with Crippen molar-refractivity contribution in [3.8, 4) is 0 Å². The van der Waals surface area contributed by atoms with Gasteiger partial charge in [-0.15, -0.1) is 0 Å². The first-order valence-corrected chi connectivity index (χ1v) is 6.33. The van der Waals surface area contributed by atoms with Gasteiger partial charge in [-0.2, -0.15) is 0 Å². The van der Waals surface area contributed by atoms with Gasteiger partial charge in [0.2, 0.25) is 0 Å². The molecule has 0 bridgehead atoms. The molecule has 2 N–H and O–H groups in total. The van der Waals surface area contributed by atoms with Gasteiger partial charge < -0.3 is 10.6 Å². The Kier molecular flexibility index (Phi) is 4.17. The van der Waals surface area contributed by atoms with Crippen LogP contribution < -0.4 is 10.6 Å². The normalized spacial score (nSPS) is 20.7. The van der Waals surface area contributed by atoms with Crippen LogP contribution in [0.3, 0.4) is 0 Å². The molecule has 88 valence electrons. The number of nitrogens with one attached hydrogen (secondary N) is 2. The van der Waals surface area contributed by atoms with Crippen LogP contribution in [0.5, 0.6) is 0 Å². The smallest absolute Gasteiger partial charge is 0.125 e. The zero-order valence-electron chi connectivity index (χ0n) is 10.00. The quantitative estimate of drug-likeness (QED) is 0.817. The number of anilines is 1. The van der Waals surface area contributed by atoms with Gasteiger partial charge >= 0.3 is 0 Å². The minimum Gasteiger partial charge on any atom is -0.370 e. The minimum absolute atomic E-state index is 0.515. The molecule has 2 rings (SSSR count). The lowest BCUT2D eigenvalue weighted by atomic mass is 9.99. The summed E-state index contributed by atoms with van der Waals surface area (Å²) in [6, 6.07) is 4.79. The SMILES string of the molecule is CCCNc1ccc([C@H]2CCCCN2)cn1. The van der Waals surface area contributed by atoms with Gasteiger partial charge in [-0.1, -0.05) is 19.4 Å². The first-order chi connectivity index (χ1) is 7.90. The molecule has 0 aromatic carbocycles. The first-order valence-electron chi connectivity index (χ1n) is 6.33. The average Bonchev–Trinajstić information content (AvgIpc) is 2.38. The van der Waals surface area contributed by atoms with E-state index in [-0.39, 0.29) is 0 Å². The van der Waals surface area contributed by atoms with Crippen molar-refractivity contribution in [1.29, 1.82) is 0 Å². The van der Waals surface area contributed by atoms with Gasteiger partial charge in [-0.3, -0.25) is 0 Å². The monoisotopic (exact) mass is 219 g/mol. The second-order valence-corrected chi connectivity index (χ2v) is 4.41. The van der Waals surface area contributed by atoms with E-state index in [0.29, 0.717) is 6.04 Å². The zero-order valence-corrected chi connectivity index (χ0v) is 10.00. The van der Waals surface area contributed by atoms with Crippen molar-refractivity contribution >= 4 is 5.82 Å². The van der Waals surface area contributed by atoms with Crippen molar-refractivity contribution < 1.29 is 0 Å². The standard InChI is InChI=1S/C13H21N3/c1-2-8-15-13-7-6-11(10-16-13)12-5-3-4-9-14-12/h6-7,10,12,14H,2-5,8-9H2,1H3,(H,15,16)/t12-/m1/s1. The van der Waals surface area contributed by atoms with E-state index < -0.39 is 0 Å². The lowest BCUT2D eigenvalue weighted by molar-refractivity contribution is 0.411. The summed E-state index contributed by atoms with van der Waals surface area (Å²) in [7, 11) is 0. The summed E-state index contributed by atoms with van der Waals surface area (Å²) in [4.78, 5) is 4.44. The highest BCUT2D eigenvalue weighted by Gasteiger charge is 2.14. The predicted molar refractivity (Wildman–Crippen MR) is 67.6 cm³/mol. The molecule has 1 aromatic rings. The maximum Gasteiger partial charge on any atom is 0.125 e. The molecule has 0 aliphatic carbocycles. The number of nitrogens with zero attached hydrogens (tertiary/aromatic N) is 1. The highest BCUT2D eigenvalue weighted by atomic mass is 15.0. The second-order valence-electron chi connectivity index (χ2n) is 4.41. The Morgan fingerprint density at radius 2 is 2.38 bits per heavy atom. The van der Waals surface area contributed by atoms with Crippen molar-refractivity contribution in [1.82, 2.24) is 10.3 Å². The maximum atomic E-state index is 4.44. The van der Waals surface area contributed by atoms with Crippen LogP contribution in [0.4, 0.5) is 5.82 Å². The van der Waals surface area contributed by atoms with E-state index in [2.05, 4.69) is 34.7 Å². The van der Waals surface area contributed by atoms with Gasteiger partial charge in [0.1, 0.15) is 5.82 Å². The van der Waals surface area contributed by atoms with E-state index in [9.17, 15) is 0 Å². The van der Waals surface area contributed by atoms with E-state index in [1.807, 2.05) is 6.20 Å². The van der Waals surface area contributed by atoms with Crippen molar-refractivity contribution in [2.75, 3.05) is 18.4 Å². The van der Waals surface area contributed by atoms with Crippen molar-refractivity contribution in [3.63, 3.8) is 0 Å². The summed E-state index contributed by atoms with van der Waals surface area (Å²) < 4.78 is 0. The first kappa shape index (κ1) is 11.4. The Balaban J connectivity index is 1.95. The third kappa shape index (κ3) is 2.95. The number of rotatable bonds is 4. The molecule has 1 fully saturated rings. The molecule has 3 heteroatoms. The van der Waals surface area contributed by atoms with Crippen LogP contribution in [-0.2, 0) is 0 Å². The molecule has 0 amide bonds. The van der Waals surface area contributed by atoms with Crippen LogP contribution in [0.25, 0.3) is 0 Å². The van der Waals surface area contributed by atoms with Crippen LogP contribution in [0.2, 0.25) is 0 Å². The third-order valence-electron chi connectivity index (χ3n) is 3.06. The molecule has 0 saturated carbocycles. The minimum atomic E-state index is 0.515. The average molecular weight is 219 g/mol. The molecule has 1 atom stereocenters. The molecule has 2 heterocycles. The number of aromatic nitrogens is 1. The molecule has 1 saturated heterocycles. The topological polar surface area (TPSA) is 37.0 Å². The van der Waals surface area contributed by atoms with Crippen molar-refractivity contribution in [2.45, 2.75) is 38.6 Å². The molecule has 3 nitrogen and oxygen atoms in total. The highest BCUT2D eigenvalue weighted by molar-refractivity contribution is 5.36. The third-order valence-corrected chi connectivity index (χ3v) is 3.06. The summed E-state index contributed by atoms with van der Waals surface area (Å²) in [5.74, 6) is 0.987. The van der Waals surface area contributed by atoms with Crippen LogP contribution in [0, 0.1) is 0 Å². The fourth-order valence-corrected chi connectivity index (χ4v) is 2.11. The maximum absolute atomic E-state index is 4.44. The summed E-state index contributed by atoms with van der Waals surface area (Å²) in [6.07, 6.45) is 7.01. The Labute approximate surface area is 97.7 Å². The van der Waals surface area contributed by atoms with Crippen molar-refractivity contribution in [3.05, 3.63) is 23.9 Å². The largest absolute Gasteiger partial charge is 0.370 e. The van der Waals surface area contributed by atoms with E-state index >= 15 is 0 Å². The molecular formula is C13H21N3. The van der Waals surface area contributed by atoms with Crippen LogP contribution >= 0.6 is 0 Å². The fourth-order valence-electron chi connectivity index (χ4n) is 2.11. The molecule has 0 unspecified atom stereocenters. The highest BCUT2D eigenvalue weighted by Crippen LogP contribution is 2.22. The van der Waals surface area contributed by atoms with Gasteiger partial charge in [-0.25, -0.2) is 4.98 Å². The number of piperidine rings is 1.